The molecule has 0 spiro atoms. The minimum Gasteiger partial charge on any atom is -0.481 e. The van der Waals surface area contributed by atoms with Crippen LogP contribution in [-0.4, -0.2) is 49.0 Å². The Bertz CT molecular complexity index is 1130. The Kier molecular flexibility index (Phi) is 5.85. The normalized spacial score (nSPS) is 26.6. The predicted octanol–water partition coefficient (Wildman–Crippen LogP) is 3.46. The first-order valence-corrected chi connectivity index (χ1v) is 12.0. The van der Waals surface area contributed by atoms with E-state index >= 15 is 0 Å². The van der Waals surface area contributed by atoms with Gasteiger partial charge in [0.15, 0.2) is 0 Å². The molecule has 4 atom stereocenters. The third kappa shape index (κ3) is 3.75. The van der Waals surface area contributed by atoms with E-state index < -0.39 is 33.0 Å². The van der Waals surface area contributed by atoms with Gasteiger partial charge in [0.05, 0.1) is 10.9 Å². The molecule has 166 valence electrons. The molecule has 1 saturated heterocycles. The fraction of sp³-hybridized carbons (Fsp3) is 0.409. The van der Waals surface area contributed by atoms with Crippen LogP contribution in [0, 0.1) is 11.7 Å². The third-order valence-electron chi connectivity index (χ3n) is 6.22. The monoisotopic (exact) mass is 466 g/mol. The molecular weight excluding hydrogens is 443 g/mol. The van der Waals surface area contributed by atoms with E-state index in [0.29, 0.717) is 35.3 Å². The van der Waals surface area contributed by atoms with Gasteiger partial charge in [-0.1, -0.05) is 35.9 Å². The molecule has 1 aliphatic carbocycles. The second kappa shape index (κ2) is 8.16. The molecule has 6 nitrogen and oxygen atoms in total. The molecule has 4 rings (SSSR count). The molecule has 4 unspecified atom stereocenters. The van der Waals surface area contributed by atoms with Crippen LogP contribution in [0.5, 0.6) is 0 Å². The van der Waals surface area contributed by atoms with E-state index in [1.54, 1.807) is 24.3 Å². The lowest BCUT2D eigenvalue weighted by Gasteiger charge is -2.40. The highest BCUT2D eigenvalue weighted by molar-refractivity contribution is 7.89. The highest BCUT2D eigenvalue weighted by Gasteiger charge is 2.50. The first-order chi connectivity index (χ1) is 14.6. The molecule has 2 aromatic carbocycles. The quantitative estimate of drug-likeness (QED) is 0.720. The Labute approximate surface area is 186 Å². The molecule has 31 heavy (non-hydrogen) atoms. The Morgan fingerprint density at radius 3 is 2.48 bits per heavy atom. The zero-order chi connectivity index (χ0) is 22.5. The van der Waals surface area contributed by atoms with Crippen LogP contribution in [0.1, 0.15) is 30.2 Å². The Morgan fingerprint density at radius 2 is 1.87 bits per heavy atom. The molecule has 1 fully saturated rings. The number of piperazine rings is 1. The van der Waals surface area contributed by atoms with Crippen molar-refractivity contribution in [1.82, 2.24) is 9.62 Å². The number of rotatable bonds is 4. The number of carbonyl (C=O) groups is 1. The summed E-state index contributed by atoms with van der Waals surface area (Å²) in [6.45, 7) is 4.65. The predicted molar refractivity (Wildman–Crippen MR) is 117 cm³/mol. The van der Waals surface area contributed by atoms with Crippen LogP contribution in [0.4, 0.5) is 4.39 Å². The fourth-order valence-electron chi connectivity index (χ4n) is 4.91. The van der Waals surface area contributed by atoms with Gasteiger partial charge < -0.3 is 10.4 Å². The molecule has 2 N–H and O–H groups in total. The maximum absolute atomic E-state index is 14.1. The molecule has 2 aliphatic rings. The van der Waals surface area contributed by atoms with Crippen LogP contribution in [0.25, 0.3) is 11.1 Å². The molecule has 1 heterocycles. The van der Waals surface area contributed by atoms with Crippen LogP contribution in [0.2, 0.25) is 5.02 Å². The van der Waals surface area contributed by atoms with Gasteiger partial charge in [0, 0.05) is 25.2 Å². The number of fused-ring (bicyclic) bond motifs is 1. The summed E-state index contributed by atoms with van der Waals surface area (Å²) in [6.07, 6.45) is 0.0594. The van der Waals surface area contributed by atoms with Gasteiger partial charge in [-0.2, -0.15) is 4.31 Å². The van der Waals surface area contributed by atoms with Crippen LogP contribution in [0.3, 0.4) is 0 Å². The fourth-order valence-corrected chi connectivity index (χ4v) is 7.61. The second-order valence-electron chi connectivity index (χ2n) is 8.30. The lowest BCUT2D eigenvalue weighted by molar-refractivity contribution is -0.141. The van der Waals surface area contributed by atoms with Gasteiger partial charge in [0.2, 0.25) is 10.0 Å². The topological polar surface area (TPSA) is 86.7 Å². The first-order valence-electron chi connectivity index (χ1n) is 10.2. The van der Waals surface area contributed by atoms with Crippen molar-refractivity contribution in [2.45, 2.75) is 37.6 Å². The first kappa shape index (κ1) is 22.2. The van der Waals surface area contributed by atoms with Crippen molar-refractivity contribution in [3.8, 4) is 11.1 Å². The molecule has 0 aromatic heterocycles. The van der Waals surface area contributed by atoms with Crippen LogP contribution in [-0.2, 0) is 21.2 Å². The highest BCUT2D eigenvalue weighted by atomic mass is 35.5. The van der Waals surface area contributed by atoms with Gasteiger partial charge in [-0.3, -0.25) is 4.79 Å². The van der Waals surface area contributed by atoms with Crippen molar-refractivity contribution >= 4 is 27.6 Å². The van der Waals surface area contributed by atoms with Crippen molar-refractivity contribution in [1.29, 1.82) is 0 Å². The van der Waals surface area contributed by atoms with E-state index in [1.165, 1.54) is 16.4 Å². The standard InChI is InChI=1S/C22H24ClFN2O4S/c1-12-10-25-11-13(2)26(12)31(29,30)21-16-5-3-4-15(17(16)9-18(21)22(27)28)14-6-7-19(23)20(24)8-14/h3-8,12-13,18,21,25H,9-11H2,1-2H3,(H,27,28). The number of hydrogen-bond acceptors (Lipinski definition) is 4. The number of aliphatic carboxylic acids is 1. The molecule has 9 heteroatoms. The lowest BCUT2D eigenvalue weighted by Crippen LogP contribution is -2.58. The zero-order valence-electron chi connectivity index (χ0n) is 17.2. The zero-order valence-corrected chi connectivity index (χ0v) is 18.8. The molecule has 0 saturated carbocycles. The largest absolute Gasteiger partial charge is 0.481 e. The van der Waals surface area contributed by atoms with Crippen LogP contribution >= 0.6 is 11.6 Å². The maximum atomic E-state index is 14.1. The smallest absolute Gasteiger partial charge is 0.308 e. The minimum atomic E-state index is -3.96. The average molecular weight is 467 g/mol. The summed E-state index contributed by atoms with van der Waals surface area (Å²) in [6, 6.07) is 8.92. The van der Waals surface area contributed by atoms with Gasteiger partial charge in [-0.05, 0) is 54.7 Å². The van der Waals surface area contributed by atoms with Crippen LogP contribution < -0.4 is 5.32 Å². The Hall–Kier alpha value is -2.00. The van der Waals surface area contributed by atoms with E-state index in [-0.39, 0.29) is 23.5 Å². The third-order valence-corrected chi connectivity index (χ3v) is 9.06. The van der Waals surface area contributed by atoms with E-state index in [4.69, 9.17) is 11.6 Å². The lowest BCUT2D eigenvalue weighted by atomic mass is 9.96. The van der Waals surface area contributed by atoms with Gasteiger partial charge in [-0.15, -0.1) is 0 Å². The molecule has 2 aromatic rings. The van der Waals surface area contributed by atoms with Crippen molar-refractivity contribution in [3.63, 3.8) is 0 Å². The van der Waals surface area contributed by atoms with Gasteiger partial charge in [0.25, 0.3) is 0 Å². The SMILES string of the molecule is CC1CNCC(C)N1S(=O)(=O)C1c2cccc(-c3ccc(Cl)c(F)c3)c2CC1C(=O)O. The van der Waals surface area contributed by atoms with E-state index in [0.717, 1.165) is 0 Å². The van der Waals surface area contributed by atoms with Gasteiger partial charge in [0.1, 0.15) is 11.1 Å². The summed E-state index contributed by atoms with van der Waals surface area (Å²) in [7, 11) is -3.96. The number of nitrogens with one attached hydrogen (secondary N) is 1. The number of sulfonamides is 1. The van der Waals surface area contributed by atoms with E-state index in [9.17, 15) is 22.7 Å². The number of hydrogen-bond donors (Lipinski definition) is 2. The summed E-state index contributed by atoms with van der Waals surface area (Å²) in [5.74, 6) is -2.86. The minimum absolute atomic E-state index is 0.0122. The average Bonchev–Trinajstić information content (AvgIpc) is 3.11. The highest BCUT2D eigenvalue weighted by Crippen LogP contribution is 2.47. The maximum Gasteiger partial charge on any atom is 0.308 e. The molecule has 0 radical (unpaired) electrons. The number of benzene rings is 2. The summed E-state index contributed by atoms with van der Waals surface area (Å²) < 4.78 is 43.1. The number of halogens is 2. The van der Waals surface area contributed by atoms with Crippen molar-refractivity contribution in [2.24, 2.45) is 5.92 Å². The number of nitrogens with zero attached hydrogens (tertiary/aromatic N) is 1. The molecule has 0 amide bonds. The van der Waals surface area contributed by atoms with Gasteiger partial charge >= 0.3 is 5.97 Å². The summed E-state index contributed by atoms with van der Waals surface area (Å²) in [4.78, 5) is 12.1. The number of carboxylic acid groups (broad SMARTS) is 1. The van der Waals surface area contributed by atoms with Crippen LogP contribution in [0.15, 0.2) is 36.4 Å². The Morgan fingerprint density at radius 1 is 1.19 bits per heavy atom. The summed E-state index contributed by atoms with van der Waals surface area (Å²) in [5, 5.41) is 11.9. The molecule has 0 bridgehead atoms. The Balaban J connectivity index is 1.86. The number of carboxylic acids is 1. The summed E-state index contributed by atoms with van der Waals surface area (Å²) in [5.41, 5.74) is 2.25. The molecule has 1 aliphatic heterocycles. The van der Waals surface area contributed by atoms with Gasteiger partial charge in [-0.25, -0.2) is 12.8 Å². The van der Waals surface area contributed by atoms with Crippen molar-refractivity contribution in [3.05, 3.63) is 58.4 Å². The second-order valence-corrected chi connectivity index (χ2v) is 10.7. The molecular formula is C22H24ClFN2O4S. The van der Waals surface area contributed by atoms with E-state index in [1.807, 2.05) is 13.8 Å². The summed E-state index contributed by atoms with van der Waals surface area (Å²) >= 11 is 5.80. The van der Waals surface area contributed by atoms with E-state index in [2.05, 4.69) is 5.32 Å². The van der Waals surface area contributed by atoms with Crippen molar-refractivity contribution < 1.29 is 22.7 Å². The van der Waals surface area contributed by atoms with Crippen molar-refractivity contribution in [2.75, 3.05) is 13.1 Å².